The van der Waals surface area contributed by atoms with E-state index in [2.05, 4.69) is 25.8 Å². The minimum Gasteiger partial charge on any atom is -0.326 e. The van der Waals surface area contributed by atoms with Crippen LogP contribution in [0.1, 0.15) is 52.4 Å². The molecular formula is C13H28N2. The first-order valence-electron chi connectivity index (χ1n) is 6.57. The fraction of sp³-hybridized carbons (Fsp3) is 1.00. The van der Waals surface area contributed by atoms with Crippen LogP contribution in [0, 0.1) is 5.92 Å². The van der Waals surface area contributed by atoms with Crippen molar-refractivity contribution in [2.45, 2.75) is 64.5 Å². The summed E-state index contributed by atoms with van der Waals surface area (Å²) >= 11 is 0. The summed E-state index contributed by atoms with van der Waals surface area (Å²) in [5.74, 6) is 0.596. The van der Waals surface area contributed by atoms with Gasteiger partial charge in [0.15, 0.2) is 0 Å². The van der Waals surface area contributed by atoms with Gasteiger partial charge in [0.05, 0.1) is 0 Å². The Morgan fingerprint density at radius 2 is 1.67 bits per heavy atom. The highest BCUT2D eigenvalue weighted by Gasteiger charge is 2.19. The molecule has 2 N–H and O–H groups in total. The number of hydrogen-bond donors (Lipinski definition) is 1. The molecule has 0 heterocycles. The Balaban J connectivity index is 2.33. The Hall–Kier alpha value is -0.0800. The van der Waals surface area contributed by atoms with Gasteiger partial charge in [-0.3, -0.25) is 0 Å². The first-order valence-corrected chi connectivity index (χ1v) is 6.57. The second-order valence-corrected chi connectivity index (χ2v) is 5.49. The largest absolute Gasteiger partial charge is 0.326 e. The van der Waals surface area contributed by atoms with Gasteiger partial charge in [0.25, 0.3) is 0 Å². The lowest BCUT2D eigenvalue weighted by molar-refractivity contribution is 0.196. The fourth-order valence-electron chi connectivity index (χ4n) is 2.39. The average Bonchev–Trinajstić information content (AvgIpc) is 2.45. The molecule has 0 aromatic rings. The zero-order valence-electron chi connectivity index (χ0n) is 10.7. The number of hydrogen-bond acceptors (Lipinski definition) is 2. The van der Waals surface area contributed by atoms with Crippen molar-refractivity contribution in [1.29, 1.82) is 0 Å². The van der Waals surface area contributed by atoms with Crippen LogP contribution >= 0.6 is 0 Å². The van der Waals surface area contributed by atoms with Gasteiger partial charge < -0.3 is 10.6 Å². The van der Waals surface area contributed by atoms with E-state index in [0.29, 0.717) is 12.0 Å². The van der Waals surface area contributed by atoms with Crippen molar-refractivity contribution in [3.05, 3.63) is 0 Å². The third-order valence-electron chi connectivity index (χ3n) is 3.80. The van der Waals surface area contributed by atoms with Crippen molar-refractivity contribution in [1.82, 2.24) is 4.90 Å². The van der Waals surface area contributed by atoms with Crippen molar-refractivity contribution in [3.8, 4) is 0 Å². The molecule has 1 unspecified atom stereocenters. The van der Waals surface area contributed by atoms with Crippen LogP contribution in [-0.4, -0.2) is 30.6 Å². The fourth-order valence-corrected chi connectivity index (χ4v) is 2.39. The van der Waals surface area contributed by atoms with E-state index >= 15 is 0 Å². The molecule has 0 radical (unpaired) electrons. The second kappa shape index (κ2) is 6.49. The van der Waals surface area contributed by atoms with Gasteiger partial charge in [0, 0.05) is 18.6 Å². The molecule has 2 nitrogen and oxygen atoms in total. The van der Waals surface area contributed by atoms with Crippen molar-refractivity contribution in [3.63, 3.8) is 0 Å². The van der Waals surface area contributed by atoms with Crippen molar-refractivity contribution in [2.24, 2.45) is 11.7 Å². The SMILES string of the molecule is CC(C)C(N)CN(C)C1CCCCCC1. The molecule has 15 heavy (non-hydrogen) atoms. The summed E-state index contributed by atoms with van der Waals surface area (Å²) in [5, 5.41) is 0. The minimum atomic E-state index is 0.332. The predicted octanol–water partition coefficient (Wildman–Crippen LogP) is 2.62. The predicted molar refractivity (Wildman–Crippen MR) is 66.9 cm³/mol. The summed E-state index contributed by atoms with van der Waals surface area (Å²) in [6, 6.07) is 1.12. The van der Waals surface area contributed by atoms with E-state index in [1.165, 1.54) is 38.5 Å². The summed E-state index contributed by atoms with van der Waals surface area (Å²) in [7, 11) is 2.25. The third-order valence-corrected chi connectivity index (χ3v) is 3.80. The average molecular weight is 212 g/mol. The number of nitrogens with zero attached hydrogens (tertiary/aromatic N) is 1. The number of likely N-dealkylation sites (N-methyl/N-ethyl adjacent to an activating group) is 1. The molecule has 90 valence electrons. The van der Waals surface area contributed by atoms with E-state index in [1.54, 1.807) is 0 Å². The number of rotatable bonds is 4. The molecule has 0 spiro atoms. The van der Waals surface area contributed by atoms with E-state index in [4.69, 9.17) is 5.73 Å². The zero-order chi connectivity index (χ0) is 11.3. The van der Waals surface area contributed by atoms with Crippen molar-refractivity contribution in [2.75, 3.05) is 13.6 Å². The molecule has 1 aliphatic carbocycles. The summed E-state index contributed by atoms with van der Waals surface area (Å²) in [4.78, 5) is 2.50. The third kappa shape index (κ3) is 4.52. The van der Waals surface area contributed by atoms with E-state index in [1.807, 2.05) is 0 Å². The van der Waals surface area contributed by atoms with Gasteiger partial charge in [-0.1, -0.05) is 39.5 Å². The molecule has 0 aliphatic heterocycles. The Labute approximate surface area is 95.2 Å². The monoisotopic (exact) mass is 212 g/mol. The van der Waals surface area contributed by atoms with Gasteiger partial charge in [-0.05, 0) is 25.8 Å². The highest BCUT2D eigenvalue weighted by Crippen LogP contribution is 2.21. The Morgan fingerprint density at radius 1 is 1.13 bits per heavy atom. The van der Waals surface area contributed by atoms with E-state index < -0.39 is 0 Å². The Bertz CT molecular complexity index is 160. The first-order chi connectivity index (χ1) is 7.11. The topological polar surface area (TPSA) is 29.3 Å². The molecule has 0 aromatic heterocycles. The summed E-state index contributed by atoms with van der Waals surface area (Å²) in [6.07, 6.45) is 8.43. The lowest BCUT2D eigenvalue weighted by Crippen LogP contribution is -2.43. The van der Waals surface area contributed by atoms with Crippen LogP contribution in [0.4, 0.5) is 0 Å². The number of nitrogens with two attached hydrogens (primary N) is 1. The summed E-state index contributed by atoms with van der Waals surface area (Å²) < 4.78 is 0. The van der Waals surface area contributed by atoms with Gasteiger partial charge in [-0.15, -0.1) is 0 Å². The van der Waals surface area contributed by atoms with Crippen LogP contribution in [0.5, 0.6) is 0 Å². The van der Waals surface area contributed by atoms with Gasteiger partial charge in [-0.25, -0.2) is 0 Å². The lowest BCUT2D eigenvalue weighted by atomic mass is 10.0. The molecule has 1 saturated carbocycles. The first kappa shape index (κ1) is 13.0. The lowest BCUT2D eigenvalue weighted by Gasteiger charge is -2.30. The molecule has 1 atom stereocenters. The zero-order valence-corrected chi connectivity index (χ0v) is 10.7. The van der Waals surface area contributed by atoms with Crippen LogP contribution in [-0.2, 0) is 0 Å². The van der Waals surface area contributed by atoms with Gasteiger partial charge in [0.2, 0.25) is 0 Å². The molecular weight excluding hydrogens is 184 g/mol. The van der Waals surface area contributed by atoms with Crippen LogP contribution in [0.25, 0.3) is 0 Å². The van der Waals surface area contributed by atoms with E-state index in [-0.39, 0.29) is 0 Å². The highest BCUT2D eigenvalue weighted by molar-refractivity contribution is 4.77. The Kier molecular flexibility index (Phi) is 5.62. The molecule has 1 aliphatic rings. The maximum atomic E-state index is 6.12. The molecule has 0 bridgehead atoms. The second-order valence-electron chi connectivity index (χ2n) is 5.49. The van der Waals surface area contributed by atoms with E-state index in [0.717, 1.165) is 12.6 Å². The minimum absolute atomic E-state index is 0.332. The van der Waals surface area contributed by atoms with Crippen LogP contribution in [0.2, 0.25) is 0 Å². The van der Waals surface area contributed by atoms with Gasteiger partial charge in [-0.2, -0.15) is 0 Å². The van der Waals surface area contributed by atoms with Crippen molar-refractivity contribution >= 4 is 0 Å². The summed E-state index contributed by atoms with van der Waals surface area (Å²) in [6.45, 7) is 5.49. The molecule has 0 amide bonds. The maximum Gasteiger partial charge on any atom is 0.0191 e. The van der Waals surface area contributed by atoms with Crippen LogP contribution in [0.15, 0.2) is 0 Å². The summed E-state index contributed by atoms with van der Waals surface area (Å²) in [5.41, 5.74) is 6.12. The van der Waals surface area contributed by atoms with Crippen molar-refractivity contribution < 1.29 is 0 Å². The van der Waals surface area contributed by atoms with E-state index in [9.17, 15) is 0 Å². The van der Waals surface area contributed by atoms with Gasteiger partial charge in [0.1, 0.15) is 0 Å². The smallest absolute Gasteiger partial charge is 0.0191 e. The molecule has 0 saturated heterocycles. The molecule has 2 heteroatoms. The quantitative estimate of drug-likeness (QED) is 0.726. The molecule has 1 rings (SSSR count). The maximum absolute atomic E-state index is 6.12. The normalized spacial score (nSPS) is 22.0. The Morgan fingerprint density at radius 3 is 2.13 bits per heavy atom. The molecule has 0 aromatic carbocycles. The highest BCUT2D eigenvalue weighted by atomic mass is 15.1. The standard InChI is InChI=1S/C13H28N2/c1-11(2)13(14)10-15(3)12-8-6-4-5-7-9-12/h11-13H,4-10,14H2,1-3H3. The van der Waals surface area contributed by atoms with Crippen LogP contribution < -0.4 is 5.73 Å². The van der Waals surface area contributed by atoms with Crippen LogP contribution in [0.3, 0.4) is 0 Å². The molecule has 1 fully saturated rings. The van der Waals surface area contributed by atoms with Gasteiger partial charge >= 0.3 is 0 Å².